The lowest BCUT2D eigenvalue weighted by molar-refractivity contribution is 0.0496. The van der Waals surface area contributed by atoms with E-state index in [2.05, 4.69) is 9.97 Å². The monoisotopic (exact) mass is 181 g/mol. The highest BCUT2D eigenvalue weighted by Gasteiger charge is 2.09. The zero-order valence-electron chi connectivity index (χ0n) is 7.19. The molecule has 1 aromatic rings. The van der Waals surface area contributed by atoms with Crippen LogP contribution in [0.25, 0.3) is 0 Å². The summed E-state index contributed by atoms with van der Waals surface area (Å²) in [6.45, 7) is 2.20. The van der Waals surface area contributed by atoms with E-state index in [1.807, 2.05) is 6.92 Å². The lowest BCUT2D eigenvalue weighted by atomic mass is 10.4. The van der Waals surface area contributed by atoms with Crippen molar-refractivity contribution in [3.63, 3.8) is 0 Å². The second-order valence-electron chi connectivity index (χ2n) is 2.38. The average Bonchev–Trinajstić information content (AvgIpc) is 2.14. The van der Waals surface area contributed by atoms with E-state index in [0.717, 1.165) is 12.6 Å². The number of esters is 1. The smallest absolute Gasteiger partial charge is 0.358 e. The van der Waals surface area contributed by atoms with E-state index in [1.54, 1.807) is 0 Å². The highest BCUT2D eigenvalue weighted by Crippen LogP contribution is 2.04. The van der Waals surface area contributed by atoms with E-state index in [4.69, 9.17) is 4.74 Å². The maximum Gasteiger partial charge on any atom is 0.358 e. The molecular weight excluding hydrogens is 172 g/mol. The quantitative estimate of drug-likeness (QED) is 0.656. The predicted octanol–water partition coefficient (Wildman–Crippen LogP) is 1.19. The van der Waals surface area contributed by atoms with Gasteiger partial charge in [-0.25, -0.2) is 4.79 Å². The van der Waals surface area contributed by atoms with Gasteiger partial charge in [0, 0.05) is 0 Å². The Bertz CT molecular complexity index is 301. The first-order valence-corrected chi connectivity index (χ1v) is 3.90. The van der Waals surface area contributed by atoms with E-state index in [1.165, 1.54) is 6.20 Å². The minimum absolute atomic E-state index is 0.0408. The van der Waals surface area contributed by atoms with Gasteiger partial charge in [0.15, 0.2) is 5.69 Å². The standard InChI is InChI=1S/C8H9N2O3/c1-2-3-13-8(12)6-4-9-5-7(11)10-6/h4-5H,2-3H2,1H3. The van der Waals surface area contributed by atoms with Crippen LogP contribution in [0.2, 0.25) is 0 Å². The summed E-state index contributed by atoms with van der Waals surface area (Å²) >= 11 is 0. The molecule has 0 aromatic carbocycles. The first-order valence-electron chi connectivity index (χ1n) is 3.90. The molecule has 0 amide bonds. The first kappa shape index (κ1) is 9.44. The minimum Gasteiger partial charge on any atom is -0.461 e. The molecule has 0 unspecified atom stereocenters. The second-order valence-corrected chi connectivity index (χ2v) is 2.38. The third-order valence-corrected chi connectivity index (χ3v) is 1.26. The van der Waals surface area contributed by atoms with Crippen molar-refractivity contribution < 1.29 is 14.6 Å². The van der Waals surface area contributed by atoms with Crippen LogP contribution in [0.4, 0.5) is 0 Å². The van der Waals surface area contributed by atoms with Crippen LogP contribution >= 0.6 is 0 Å². The Morgan fingerprint density at radius 3 is 2.92 bits per heavy atom. The highest BCUT2D eigenvalue weighted by atomic mass is 16.5. The van der Waals surface area contributed by atoms with Gasteiger partial charge in [0.1, 0.15) is 0 Å². The Labute approximate surface area is 75.4 Å². The van der Waals surface area contributed by atoms with Gasteiger partial charge in [0.25, 0.3) is 5.88 Å². The molecule has 13 heavy (non-hydrogen) atoms. The number of nitrogens with zero attached hydrogens (tertiary/aromatic N) is 2. The van der Waals surface area contributed by atoms with Crippen molar-refractivity contribution in [3.05, 3.63) is 18.1 Å². The second kappa shape index (κ2) is 4.39. The molecule has 0 N–H and O–H groups in total. The summed E-state index contributed by atoms with van der Waals surface area (Å²) in [4.78, 5) is 18.1. The zero-order chi connectivity index (χ0) is 9.68. The molecule has 0 bridgehead atoms. The van der Waals surface area contributed by atoms with Crippen molar-refractivity contribution in [1.29, 1.82) is 0 Å². The van der Waals surface area contributed by atoms with Crippen molar-refractivity contribution in [2.45, 2.75) is 13.3 Å². The predicted molar refractivity (Wildman–Crippen MR) is 42.7 cm³/mol. The van der Waals surface area contributed by atoms with E-state index >= 15 is 0 Å². The maximum absolute atomic E-state index is 11.1. The fourth-order valence-corrected chi connectivity index (χ4v) is 0.715. The Morgan fingerprint density at radius 1 is 1.54 bits per heavy atom. The van der Waals surface area contributed by atoms with Crippen LogP contribution < -0.4 is 0 Å². The van der Waals surface area contributed by atoms with Gasteiger partial charge in [-0.1, -0.05) is 6.92 Å². The summed E-state index contributed by atoms with van der Waals surface area (Å²) in [6.07, 6.45) is 2.98. The summed E-state index contributed by atoms with van der Waals surface area (Å²) in [7, 11) is 0. The number of carbonyl (C=O) groups excluding carboxylic acids is 1. The zero-order valence-corrected chi connectivity index (χ0v) is 7.19. The molecule has 0 fully saturated rings. The van der Waals surface area contributed by atoms with Crippen molar-refractivity contribution in [2.75, 3.05) is 6.61 Å². The van der Waals surface area contributed by atoms with Gasteiger partial charge in [0.05, 0.1) is 19.0 Å². The molecule has 0 aliphatic carbocycles. The number of ether oxygens (including phenoxy) is 1. The van der Waals surface area contributed by atoms with Gasteiger partial charge < -0.3 is 4.74 Å². The van der Waals surface area contributed by atoms with E-state index in [9.17, 15) is 9.90 Å². The van der Waals surface area contributed by atoms with Crippen LogP contribution in [0.3, 0.4) is 0 Å². The Hall–Kier alpha value is -1.65. The fourth-order valence-electron chi connectivity index (χ4n) is 0.715. The molecule has 0 spiro atoms. The number of aromatic nitrogens is 2. The molecule has 0 saturated carbocycles. The van der Waals surface area contributed by atoms with Crippen molar-refractivity contribution in [3.8, 4) is 5.88 Å². The number of rotatable bonds is 3. The molecule has 5 heteroatoms. The van der Waals surface area contributed by atoms with Crippen LogP contribution in [-0.2, 0) is 9.84 Å². The summed E-state index contributed by atoms with van der Waals surface area (Å²) in [5, 5.41) is 10.7. The molecule has 1 rings (SSSR count). The lowest BCUT2D eigenvalue weighted by Gasteiger charge is -2.00. The molecule has 1 heterocycles. The largest absolute Gasteiger partial charge is 0.461 e. The molecule has 0 aliphatic rings. The topological polar surface area (TPSA) is 72.0 Å². The summed E-state index contributed by atoms with van der Waals surface area (Å²) < 4.78 is 4.75. The molecule has 69 valence electrons. The van der Waals surface area contributed by atoms with Crippen molar-refractivity contribution in [1.82, 2.24) is 9.97 Å². The SMILES string of the molecule is CCCOC(=O)c1cncc([O])n1. The third-order valence-electron chi connectivity index (χ3n) is 1.26. The lowest BCUT2D eigenvalue weighted by Crippen LogP contribution is -2.08. The van der Waals surface area contributed by atoms with E-state index < -0.39 is 11.8 Å². The third kappa shape index (κ3) is 2.70. The van der Waals surface area contributed by atoms with E-state index in [0.29, 0.717) is 6.61 Å². The summed E-state index contributed by atoms with van der Waals surface area (Å²) in [5.41, 5.74) is -0.0408. The van der Waals surface area contributed by atoms with Gasteiger partial charge in [-0.15, -0.1) is 0 Å². The Kier molecular flexibility index (Phi) is 3.19. The van der Waals surface area contributed by atoms with Gasteiger partial charge in [-0.2, -0.15) is 4.98 Å². The molecule has 1 aromatic heterocycles. The summed E-state index contributed by atoms with van der Waals surface area (Å²) in [5.74, 6) is -1.14. The summed E-state index contributed by atoms with van der Waals surface area (Å²) in [6, 6.07) is 0. The minimum atomic E-state index is -0.605. The van der Waals surface area contributed by atoms with Crippen molar-refractivity contribution >= 4 is 5.97 Å². The fraction of sp³-hybridized carbons (Fsp3) is 0.375. The van der Waals surface area contributed by atoms with Crippen LogP contribution in [0.15, 0.2) is 12.4 Å². The van der Waals surface area contributed by atoms with Gasteiger partial charge >= 0.3 is 5.97 Å². The van der Waals surface area contributed by atoms with Crippen molar-refractivity contribution in [2.24, 2.45) is 0 Å². The average molecular weight is 181 g/mol. The number of hydrogen-bond donors (Lipinski definition) is 0. The molecule has 0 aliphatic heterocycles. The van der Waals surface area contributed by atoms with Crippen LogP contribution in [0.5, 0.6) is 5.88 Å². The molecule has 5 nitrogen and oxygen atoms in total. The molecular formula is C8H9N2O3. The molecule has 1 radical (unpaired) electrons. The van der Waals surface area contributed by atoms with E-state index in [-0.39, 0.29) is 5.69 Å². The van der Waals surface area contributed by atoms with Gasteiger partial charge in [-0.3, -0.25) is 10.1 Å². The number of hydrogen-bond acceptors (Lipinski definition) is 4. The Morgan fingerprint density at radius 2 is 2.31 bits per heavy atom. The normalized spacial score (nSPS) is 9.62. The van der Waals surface area contributed by atoms with Crippen LogP contribution in [0, 0.1) is 0 Å². The first-order chi connectivity index (χ1) is 6.24. The van der Waals surface area contributed by atoms with Gasteiger partial charge in [-0.05, 0) is 6.42 Å². The Balaban J connectivity index is 2.66. The van der Waals surface area contributed by atoms with Gasteiger partial charge in [0.2, 0.25) is 0 Å². The maximum atomic E-state index is 11.1. The highest BCUT2D eigenvalue weighted by molar-refractivity contribution is 5.86. The number of carbonyl (C=O) groups is 1. The molecule has 0 atom stereocenters. The van der Waals surface area contributed by atoms with Crippen LogP contribution in [-0.4, -0.2) is 22.5 Å². The van der Waals surface area contributed by atoms with Crippen LogP contribution in [0.1, 0.15) is 23.8 Å². The molecule has 0 saturated heterocycles.